The number of carbonyl (C=O) groups is 1. The van der Waals surface area contributed by atoms with E-state index >= 15 is 0 Å². The van der Waals surface area contributed by atoms with Crippen molar-refractivity contribution in [3.05, 3.63) is 16.8 Å². The first-order valence-corrected chi connectivity index (χ1v) is 6.00. The number of nitriles is 1. The average molecular weight is 261 g/mol. The fourth-order valence-corrected chi connectivity index (χ4v) is 2.11. The molecule has 1 aromatic rings. The number of aliphatic carboxylic acids is 1. The molecule has 1 unspecified atom stereocenters. The minimum Gasteiger partial charge on any atom is -0.480 e. The Morgan fingerprint density at radius 3 is 2.89 bits per heavy atom. The molecule has 1 saturated heterocycles. The number of nitrogens with one attached hydrogen (secondary N) is 1. The highest BCUT2D eigenvalue weighted by molar-refractivity contribution is 5.79. The monoisotopic (exact) mass is 261 g/mol. The van der Waals surface area contributed by atoms with Crippen molar-refractivity contribution in [3.63, 3.8) is 0 Å². The lowest BCUT2D eigenvalue weighted by atomic mass is 10.1. The number of carboxylic acids is 1. The third-order valence-electron chi connectivity index (χ3n) is 3.35. The highest BCUT2D eigenvalue weighted by Crippen LogP contribution is 2.23. The molecule has 0 aliphatic carbocycles. The van der Waals surface area contributed by atoms with Crippen LogP contribution in [0.2, 0.25) is 0 Å². The first-order chi connectivity index (χ1) is 9.06. The summed E-state index contributed by atoms with van der Waals surface area (Å²) in [5.41, 5.74) is 1.83. The summed E-state index contributed by atoms with van der Waals surface area (Å²) in [7, 11) is 0. The summed E-state index contributed by atoms with van der Waals surface area (Å²) in [4.78, 5) is 12.9. The van der Waals surface area contributed by atoms with Gasteiger partial charge < -0.3 is 15.3 Å². The fourth-order valence-electron chi connectivity index (χ4n) is 2.11. The zero-order valence-electron chi connectivity index (χ0n) is 10.8. The zero-order chi connectivity index (χ0) is 14.0. The van der Waals surface area contributed by atoms with Gasteiger partial charge in [0.1, 0.15) is 17.7 Å². The molecule has 1 aromatic heterocycles. The predicted octanol–water partition coefficient (Wildman–Crippen LogP) is -0.172. The van der Waals surface area contributed by atoms with Crippen LogP contribution < -0.4 is 10.2 Å². The Bertz CT molecular complexity index is 552. The number of piperazine rings is 1. The molecule has 1 atom stereocenters. The maximum absolute atomic E-state index is 11.3. The van der Waals surface area contributed by atoms with E-state index in [0.717, 1.165) is 5.56 Å². The fraction of sp³-hybridized carbons (Fsp3) is 0.500. The zero-order valence-corrected chi connectivity index (χ0v) is 10.8. The van der Waals surface area contributed by atoms with Gasteiger partial charge >= 0.3 is 5.97 Å². The van der Waals surface area contributed by atoms with Crippen molar-refractivity contribution in [1.29, 1.82) is 5.26 Å². The van der Waals surface area contributed by atoms with Gasteiger partial charge in [0.25, 0.3) is 0 Å². The van der Waals surface area contributed by atoms with Crippen LogP contribution in [0, 0.1) is 25.2 Å². The van der Waals surface area contributed by atoms with E-state index in [-0.39, 0.29) is 0 Å². The lowest BCUT2D eigenvalue weighted by molar-refractivity contribution is -0.138. The van der Waals surface area contributed by atoms with Gasteiger partial charge in [0, 0.05) is 19.6 Å². The molecule has 0 spiro atoms. The molecule has 100 valence electrons. The summed E-state index contributed by atoms with van der Waals surface area (Å²) < 4.78 is 0. The molecule has 19 heavy (non-hydrogen) atoms. The number of hydrogen-bond donors (Lipinski definition) is 2. The van der Waals surface area contributed by atoms with Gasteiger partial charge in [-0.15, -0.1) is 5.10 Å². The van der Waals surface area contributed by atoms with E-state index in [9.17, 15) is 15.2 Å². The SMILES string of the molecule is Cc1nnc(N2CCNCC2C(=O)O)c(C#N)c1C. The molecule has 0 aromatic carbocycles. The van der Waals surface area contributed by atoms with Gasteiger partial charge in [-0.1, -0.05) is 0 Å². The van der Waals surface area contributed by atoms with Crippen molar-refractivity contribution in [1.82, 2.24) is 15.5 Å². The van der Waals surface area contributed by atoms with E-state index in [1.54, 1.807) is 18.7 Å². The average Bonchev–Trinajstić information content (AvgIpc) is 2.41. The molecule has 2 heterocycles. The summed E-state index contributed by atoms with van der Waals surface area (Å²) in [6.07, 6.45) is 0. The Labute approximate surface area is 110 Å². The van der Waals surface area contributed by atoms with Crippen LogP contribution in [0.15, 0.2) is 0 Å². The van der Waals surface area contributed by atoms with E-state index in [0.29, 0.717) is 36.7 Å². The number of carboxylic acid groups (broad SMARTS) is 1. The number of nitrogens with zero attached hydrogens (tertiary/aromatic N) is 4. The summed E-state index contributed by atoms with van der Waals surface area (Å²) in [6.45, 7) is 5.05. The maximum atomic E-state index is 11.3. The molecule has 0 bridgehead atoms. The standard InChI is InChI=1S/C12H15N5O2/c1-7-8(2)15-16-11(9(7)5-13)17-4-3-14-6-10(17)12(18)19/h10,14H,3-4,6H2,1-2H3,(H,18,19). The quantitative estimate of drug-likeness (QED) is 0.761. The van der Waals surface area contributed by atoms with Gasteiger partial charge in [0.2, 0.25) is 0 Å². The first kappa shape index (κ1) is 13.2. The Kier molecular flexibility index (Phi) is 3.62. The molecule has 7 nitrogen and oxygen atoms in total. The lowest BCUT2D eigenvalue weighted by Gasteiger charge is -2.34. The number of anilines is 1. The summed E-state index contributed by atoms with van der Waals surface area (Å²) >= 11 is 0. The van der Waals surface area contributed by atoms with E-state index < -0.39 is 12.0 Å². The molecule has 1 aliphatic rings. The van der Waals surface area contributed by atoms with Crippen molar-refractivity contribution in [2.45, 2.75) is 19.9 Å². The number of rotatable bonds is 2. The smallest absolute Gasteiger partial charge is 0.327 e. The maximum Gasteiger partial charge on any atom is 0.327 e. The van der Waals surface area contributed by atoms with Crippen molar-refractivity contribution in [3.8, 4) is 6.07 Å². The largest absolute Gasteiger partial charge is 0.480 e. The highest BCUT2D eigenvalue weighted by atomic mass is 16.4. The van der Waals surface area contributed by atoms with Crippen molar-refractivity contribution in [2.24, 2.45) is 0 Å². The Morgan fingerprint density at radius 1 is 1.53 bits per heavy atom. The molecule has 1 fully saturated rings. The molecule has 2 N–H and O–H groups in total. The second-order valence-electron chi connectivity index (χ2n) is 4.47. The Morgan fingerprint density at radius 2 is 2.26 bits per heavy atom. The minimum atomic E-state index is -0.934. The van der Waals surface area contributed by atoms with E-state index in [2.05, 4.69) is 21.6 Å². The second-order valence-corrected chi connectivity index (χ2v) is 4.47. The molecule has 7 heteroatoms. The van der Waals surface area contributed by atoms with Gasteiger partial charge in [0.05, 0.1) is 5.69 Å². The van der Waals surface area contributed by atoms with Crippen LogP contribution >= 0.6 is 0 Å². The summed E-state index contributed by atoms with van der Waals surface area (Å²) in [5.74, 6) is -0.574. The van der Waals surface area contributed by atoms with E-state index in [1.807, 2.05) is 0 Å². The minimum absolute atomic E-state index is 0.328. The molecule has 0 amide bonds. The van der Waals surface area contributed by atoms with Gasteiger partial charge in [0.15, 0.2) is 5.82 Å². The number of aryl methyl sites for hydroxylation is 1. The number of aromatic nitrogens is 2. The first-order valence-electron chi connectivity index (χ1n) is 6.00. The third kappa shape index (κ3) is 2.35. The van der Waals surface area contributed by atoms with Crippen LogP contribution in [0.25, 0.3) is 0 Å². The van der Waals surface area contributed by atoms with E-state index in [4.69, 9.17) is 0 Å². The van der Waals surface area contributed by atoms with E-state index in [1.165, 1.54) is 0 Å². The molecular formula is C12H15N5O2. The van der Waals surface area contributed by atoms with Crippen LogP contribution in [0.4, 0.5) is 5.82 Å². The predicted molar refractivity (Wildman–Crippen MR) is 67.9 cm³/mol. The molecule has 1 aliphatic heterocycles. The molecule has 0 radical (unpaired) electrons. The van der Waals surface area contributed by atoms with Gasteiger partial charge in [-0.25, -0.2) is 4.79 Å². The van der Waals surface area contributed by atoms with Crippen LogP contribution in [0.5, 0.6) is 0 Å². The van der Waals surface area contributed by atoms with Gasteiger partial charge in [-0.05, 0) is 19.4 Å². The third-order valence-corrected chi connectivity index (χ3v) is 3.35. The van der Waals surface area contributed by atoms with Crippen LogP contribution in [0.3, 0.4) is 0 Å². The topological polar surface area (TPSA) is 102 Å². The van der Waals surface area contributed by atoms with Gasteiger partial charge in [-0.2, -0.15) is 10.4 Å². The Hall–Kier alpha value is -2.20. The highest BCUT2D eigenvalue weighted by Gasteiger charge is 2.31. The lowest BCUT2D eigenvalue weighted by Crippen LogP contribution is -2.55. The Balaban J connectivity index is 2.48. The summed E-state index contributed by atoms with van der Waals surface area (Å²) in [6, 6.07) is 1.38. The normalized spacial score (nSPS) is 19.0. The van der Waals surface area contributed by atoms with Crippen molar-refractivity contribution in [2.75, 3.05) is 24.5 Å². The number of hydrogen-bond acceptors (Lipinski definition) is 6. The van der Waals surface area contributed by atoms with Crippen molar-refractivity contribution < 1.29 is 9.90 Å². The van der Waals surface area contributed by atoms with Crippen LogP contribution in [0.1, 0.15) is 16.8 Å². The van der Waals surface area contributed by atoms with Crippen molar-refractivity contribution >= 4 is 11.8 Å². The molecule has 0 saturated carbocycles. The molecular weight excluding hydrogens is 246 g/mol. The van der Waals surface area contributed by atoms with Crippen LogP contribution in [-0.4, -0.2) is 46.9 Å². The van der Waals surface area contributed by atoms with Gasteiger partial charge in [-0.3, -0.25) is 0 Å². The van der Waals surface area contributed by atoms with Crippen LogP contribution in [-0.2, 0) is 4.79 Å². The second kappa shape index (κ2) is 5.20. The molecule has 2 rings (SSSR count). The summed E-state index contributed by atoms with van der Waals surface area (Å²) in [5, 5.41) is 29.6.